The van der Waals surface area contributed by atoms with Crippen LogP contribution in [0.5, 0.6) is 0 Å². The molecule has 1 aromatic heterocycles. The third kappa shape index (κ3) is 2.31. The van der Waals surface area contributed by atoms with E-state index in [-0.39, 0.29) is 0 Å². The summed E-state index contributed by atoms with van der Waals surface area (Å²) in [4.78, 5) is 23.5. The molecule has 0 saturated heterocycles. The maximum atomic E-state index is 11.1. The van der Waals surface area contributed by atoms with Gasteiger partial charge < -0.3 is 5.11 Å². The van der Waals surface area contributed by atoms with E-state index in [1.165, 1.54) is 0 Å². The van der Waals surface area contributed by atoms with Gasteiger partial charge in [-0.05, 0) is 0 Å². The number of carboxylic acid groups (broad SMARTS) is 1. The Hall–Kier alpha value is -2.03. The number of aromatic carboxylic acids is 1. The molecular formula is C7H6N2O6S. The number of nitrogens with zero attached hydrogens (tertiary/aromatic N) is 2. The third-order valence-corrected chi connectivity index (χ3v) is 2.66. The topological polar surface area (TPSA) is 127 Å². The SMILES string of the molecule is CS(=O)(=O)c1ncc([N+](=O)[O-])cc1C(=O)O. The van der Waals surface area contributed by atoms with E-state index in [2.05, 4.69) is 4.98 Å². The molecule has 1 rings (SSSR count). The Labute approximate surface area is 89.6 Å². The zero-order valence-electron chi connectivity index (χ0n) is 7.95. The summed E-state index contributed by atoms with van der Waals surface area (Å²) in [6.45, 7) is 0. The molecule has 86 valence electrons. The summed E-state index contributed by atoms with van der Waals surface area (Å²) in [6.07, 6.45) is 1.47. The van der Waals surface area contributed by atoms with Crippen molar-refractivity contribution < 1.29 is 23.2 Å². The molecule has 0 saturated carbocycles. The van der Waals surface area contributed by atoms with Gasteiger partial charge in [-0.15, -0.1) is 0 Å². The second kappa shape index (κ2) is 3.85. The highest BCUT2D eigenvalue weighted by molar-refractivity contribution is 7.90. The number of carboxylic acids is 1. The lowest BCUT2D eigenvalue weighted by Crippen LogP contribution is -2.10. The van der Waals surface area contributed by atoms with Crippen LogP contribution in [0.25, 0.3) is 0 Å². The van der Waals surface area contributed by atoms with Crippen LogP contribution in [-0.4, -0.2) is 35.7 Å². The molecule has 1 heterocycles. The Balaban J connectivity index is 3.55. The van der Waals surface area contributed by atoms with Crippen LogP contribution in [0.2, 0.25) is 0 Å². The molecule has 0 aliphatic carbocycles. The van der Waals surface area contributed by atoms with E-state index in [1.54, 1.807) is 0 Å². The van der Waals surface area contributed by atoms with Crippen LogP contribution in [0.4, 0.5) is 5.69 Å². The van der Waals surface area contributed by atoms with Crippen molar-refractivity contribution >= 4 is 21.5 Å². The van der Waals surface area contributed by atoms with Crippen molar-refractivity contribution in [1.29, 1.82) is 0 Å². The minimum Gasteiger partial charge on any atom is -0.478 e. The quantitative estimate of drug-likeness (QED) is 0.591. The highest BCUT2D eigenvalue weighted by Crippen LogP contribution is 2.18. The molecule has 0 atom stereocenters. The number of hydrogen-bond donors (Lipinski definition) is 1. The number of sulfone groups is 1. The summed E-state index contributed by atoms with van der Waals surface area (Å²) in [6, 6.07) is 0.658. The molecule has 0 aliphatic rings. The number of carbonyl (C=O) groups is 1. The van der Waals surface area contributed by atoms with Gasteiger partial charge >= 0.3 is 5.97 Å². The normalized spacial score (nSPS) is 11.1. The third-order valence-electron chi connectivity index (χ3n) is 1.63. The first-order valence-electron chi connectivity index (χ1n) is 3.81. The Morgan fingerprint density at radius 3 is 2.50 bits per heavy atom. The van der Waals surface area contributed by atoms with E-state index in [4.69, 9.17) is 5.11 Å². The van der Waals surface area contributed by atoms with E-state index in [0.29, 0.717) is 12.3 Å². The average molecular weight is 246 g/mol. The van der Waals surface area contributed by atoms with E-state index in [0.717, 1.165) is 6.26 Å². The second-order valence-corrected chi connectivity index (χ2v) is 4.81. The first kappa shape index (κ1) is 12.0. The number of pyridine rings is 1. The molecular weight excluding hydrogens is 240 g/mol. The summed E-state index contributed by atoms with van der Waals surface area (Å²) in [7, 11) is -3.84. The highest BCUT2D eigenvalue weighted by atomic mass is 32.2. The first-order valence-corrected chi connectivity index (χ1v) is 5.70. The van der Waals surface area contributed by atoms with Gasteiger partial charge in [-0.2, -0.15) is 0 Å². The molecule has 8 nitrogen and oxygen atoms in total. The fourth-order valence-electron chi connectivity index (χ4n) is 0.990. The van der Waals surface area contributed by atoms with Crippen molar-refractivity contribution in [2.75, 3.05) is 6.26 Å². The van der Waals surface area contributed by atoms with E-state index < -0.39 is 37.0 Å². The molecule has 0 bridgehead atoms. The number of rotatable bonds is 3. The maximum Gasteiger partial charge on any atom is 0.338 e. The molecule has 0 unspecified atom stereocenters. The van der Waals surface area contributed by atoms with Crippen LogP contribution in [0.1, 0.15) is 10.4 Å². The molecule has 0 radical (unpaired) electrons. The molecule has 9 heteroatoms. The minimum atomic E-state index is -3.84. The fraction of sp³-hybridized carbons (Fsp3) is 0.143. The Bertz CT molecular complexity index is 564. The summed E-state index contributed by atoms with van der Waals surface area (Å²) >= 11 is 0. The zero-order chi connectivity index (χ0) is 12.5. The lowest BCUT2D eigenvalue weighted by atomic mass is 10.3. The van der Waals surface area contributed by atoms with Gasteiger partial charge in [-0.1, -0.05) is 0 Å². The van der Waals surface area contributed by atoms with Gasteiger partial charge in [0.1, 0.15) is 11.8 Å². The Morgan fingerprint density at radius 2 is 2.12 bits per heavy atom. The lowest BCUT2D eigenvalue weighted by molar-refractivity contribution is -0.385. The van der Waals surface area contributed by atoms with Crippen LogP contribution in [0.3, 0.4) is 0 Å². The van der Waals surface area contributed by atoms with Crippen molar-refractivity contribution in [2.45, 2.75) is 5.03 Å². The predicted molar refractivity (Wildman–Crippen MR) is 51.0 cm³/mol. The van der Waals surface area contributed by atoms with Gasteiger partial charge in [0.15, 0.2) is 14.9 Å². The maximum absolute atomic E-state index is 11.1. The Morgan fingerprint density at radius 1 is 1.56 bits per heavy atom. The lowest BCUT2D eigenvalue weighted by Gasteiger charge is -2.01. The first-order chi connectivity index (χ1) is 7.23. The van der Waals surface area contributed by atoms with Gasteiger partial charge in [-0.3, -0.25) is 10.1 Å². The van der Waals surface area contributed by atoms with Crippen molar-refractivity contribution in [3.63, 3.8) is 0 Å². The molecule has 16 heavy (non-hydrogen) atoms. The standard InChI is InChI=1S/C7H6N2O6S/c1-16(14,15)6-5(7(10)11)2-4(3-8-6)9(12)13/h2-3H,1H3,(H,10,11). The van der Waals surface area contributed by atoms with Gasteiger partial charge in [-0.25, -0.2) is 18.2 Å². The van der Waals surface area contributed by atoms with Crippen LogP contribution in [-0.2, 0) is 9.84 Å². The average Bonchev–Trinajstić information content (AvgIpc) is 2.15. The van der Waals surface area contributed by atoms with Crippen LogP contribution in [0.15, 0.2) is 17.3 Å². The van der Waals surface area contributed by atoms with Crippen LogP contribution in [0, 0.1) is 10.1 Å². The Kier molecular flexibility index (Phi) is 2.90. The second-order valence-electron chi connectivity index (χ2n) is 2.88. The van der Waals surface area contributed by atoms with Crippen molar-refractivity contribution in [2.24, 2.45) is 0 Å². The van der Waals surface area contributed by atoms with E-state index >= 15 is 0 Å². The summed E-state index contributed by atoms with van der Waals surface area (Å²) < 4.78 is 22.3. The van der Waals surface area contributed by atoms with Gasteiger partial charge in [0.25, 0.3) is 5.69 Å². The molecule has 0 amide bonds. The summed E-state index contributed by atoms with van der Waals surface area (Å²) in [5, 5.41) is 18.4. The molecule has 0 spiro atoms. The molecule has 1 aromatic rings. The number of aromatic nitrogens is 1. The predicted octanol–water partition coefficient (Wildman–Crippen LogP) is 0.0915. The fourth-order valence-corrected chi connectivity index (χ4v) is 1.78. The molecule has 0 aromatic carbocycles. The minimum absolute atomic E-state index is 0.579. The monoisotopic (exact) mass is 246 g/mol. The van der Waals surface area contributed by atoms with E-state index in [9.17, 15) is 23.3 Å². The summed E-state index contributed by atoms with van der Waals surface area (Å²) in [5.74, 6) is -1.59. The molecule has 1 N–H and O–H groups in total. The van der Waals surface area contributed by atoms with Crippen LogP contribution < -0.4 is 0 Å². The number of nitro groups is 1. The zero-order valence-corrected chi connectivity index (χ0v) is 8.76. The van der Waals surface area contributed by atoms with Crippen molar-refractivity contribution in [3.8, 4) is 0 Å². The van der Waals surface area contributed by atoms with Gasteiger partial charge in [0, 0.05) is 12.3 Å². The summed E-state index contributed by atoms with van der Waals surface area (Å²) in [5.41, 5.74) is -1.29. The van der Waals surface area contributed by atoms with Crippen molar-refractivity contribution in [3.05, 3.63) is 27.9 Å². The van der Waals surface area contributed by atoms with Crippen LogP contribution >= 0.6 is 0 Å². The van der Waals surface area contributed by atoms with Crippen molar-refractivity contribution in [1.82, 2.24) is 4.98 Å². The van der Waals surface area contributed by atoms with Gasteiger partial charge in [0.05, 0.1) is 4.92 Å². The van der Waals surface area contributed by atoms with E-state index in [1.807, 2.05) is 0 Å². The molecule has 0 fully saturated rings. The largest absolute Gasteiger partial charge is 0.478 e. The molecule has 0 aliphatic heterocycles. The number of hydrogen-bond acceptors (Lipinski definition) is 6. The smallest absolute Gasteiger partial charge is 0.338 e. The van der Waals surface area contributed by atoms with Gasteiger partial charge in [0.2, 0.25) is 0 Å². The highest BCUT2D eigenvalue weighted by Gasteiger charge is 2.23.